The van der Waals surface area contributed by atoms with Crippen LogP contribution in [0.15, 0.2) is 36.4 Å². The number of amides is 2. The number of benzene rings is 2. The zero-order chi connectivity index (χ0) is 20.5. The standard InChI is InChI=1S/C19H17F2N3O3S/c1-19(2,3)27-18(26)24-17-23-13-7-4-10(8-15(13)28-17)16(25)22-14-9-11(20)5-6-12(14)21/h4-9H,1-3H3,(H,22,25)(H,23,24,26). The Kier molecular flexibility index (Phi) is 5.28. The summed E-state index contributed by atoms with van der Waals surface area (Å²) in [6, 6.07) is 7.47. The maximum atomic E-state index is 13.7. The van der Waals surface area contributed by atoms with E-state index in [-0.39, 0.29) is 11.3 Å². The van der Waals surface area contributed by atoms with Gasteiger partial charge >= 0.3 is 6.09 Å². The number of aromatic nitrogens is 1. The van der Waals surface area contributed by atoms with Crippen molar-refractivity contribution < 1.29 is 23.1 Å². The minimum atomic E-state index is -0.738. The third kappa shape index (κ3) is 4.80. The molecule has 3 rings (SSSR count). The quantitative estimate of drug-likeness (QED) is 0.630. The number of carbonyl (C=O) groups excluding carboxylic acids is 2. The SMILES string of the molecule is CC(C)(C)OC(=O)Nc1nc2ccc(C(=O)Nc3cc(F)ccc3F)cc2s1. The first kappa shape index (κ1) is 19.7. The van der Waals surface area contributed by atoms with Crippen LogP contribution in [0.4, 0.5) is 24.4 Å². The number of hydrogen-bond donors (Lipinski definition) is 2. The Balaban J connectivity index is 1.77. The van der Waals surface area contributed by atoms with Crippen molar-refractivity contribution in [3.63, 3.8) is 0 Å². The van der Waals surface area contributed by atoms with Gasteiger partial charge in [0.15, 0.2) is 5.13 Å². The maximum absolute atomic E-state index is 13.7. The molecule has 0 unspecified atom stereocenters. The Bertz CT molecular complexity index is 1060. The van der Waals surface area contributed by atoms with Gasteiger partial charge in [-0.25, -0.2) is 18.6 Å². The van der Waals surface area contributed by atoms with E-state index >= 15 is 0 Å². The summed E-state index contributed by atoms with van der Waals surface area (Å²) in [5, 5.41) is 5.20. The van der Waals surface area contributed by atoms with Gasteiger partial charge in [0, 0.05) is 11.6 Å². The van der Waals surface area contributed by atoms with Crippen molar-refractivity contribution in [2.24, 2.45) is 0 Å². The second-order valence-corrected chi connectivity index (χ2v) is 7.94. The van der Waals surface area contributed by atoms with Crippen LogP contribution in [-0.2, 0) is 4.74 Å². The van der Waals surface area contributed by atoms with Crippen molar-refractivity contribution >= 4 is 44.4 Å². The molecule has 9 heteroatoms. The number of rotatable bonds is 3. The molecule has 0 radical (unpaired) electrons. The van der Waals surface area contributed by atoms with E-state index in [1.807, 2.05) is 0 Å². The molecule has 0 bridgehead atoms. The van der Waals surface area contributed by atoms with Crippen molar-refractivity contribution in [1.29, 1.82) is 0 Å². The first-order valence-corrected chi connectivity index (χ1v) is 9.09. The van der Waals surface area contributed by atoms with E-state index in [1.54, 1.807) is 32.9 Å². The summed E-state index contributed by atoms with van der Waals surface area (Å²) in [6.45, 7) is 5.24. The predicted molar refractivity (Wildman–Crippen MR) is 104 cm³/mol. The molecule has 0 aliphatic rings. The minimum absolute atomic E-state index is 0.239. The Morgan fingerprint density at radius 1 is 1.07 bits per heavy atom. The molecule has 3 aromatic rings. The molecular formula is C19H17F2N3O3S. The van der Waals surface area contributed by atoms with E-state index in [0.717, 1.165) is 29.5 Å². The van der Waals surface area contributed by atoms with Crippen LogP contribution in [0.25, 0.3) is 10.2 Å². The van der Waals surface area contributed by atoms with Crippen LogP contribution in [0.3, 0.4) is 0 Å². The Labute approximate surface area is 163 Å². The molecule has 0 fully saturated rings. The van der Waals surface area contributed by atoms with Crippen molar-refractivity contribution in [2.75, 3.05) is 10.6 Å². The van der Waals surface area contributed by atoms with Crippen molar-refractivity contribution in [1.82, 2.24) is 4.98 Å². The zero-order valence-electron chi connectivity index (χ0n) is 15.3. The second-order valence-electron chi connectivity index (χ2n) is 6.91. The highest BCUT2D eigenvalue weighted by Gasteiger charge is 2.18. The number of carbonyl (C=O) groups is 2. The monoisotopic (exact) mass is 405 g/mol. The number of fused-ring (bicyclic) bond motifs is 1. The molecule has 1 aromatic heterocycles. The average molecular weight is 405 g/mol. The minimum Gasteiger partial charge on any atom is -0.444 e. The van der Waals surface area contributed by atoms with Crippen molar-refractivity contribution in [2.45, 2.75) is 26.4 Å². The number of nitrogens with one attached hydrogen (secondary N) is 2. The zero-order valence-corrected chi connectivity index (χ0v) is 16.1. The molecule has 6 nitrogen and oxygen atoms in total. The molecule has 2 amide bonds. The Morgan fingerprint density at radius 2 is 1.82 bits per heavy atom. The molecule has 0 aliphatic heterocycles. The topological polar surface area (TPSA) is 80.3 Å². The van der Waals surface area contributed by atoms with Gasteiger partial charge in [-0.1, -0.05) is 11.3 Å². The number of thiazole rings is 1. The summed E-state index contributed by atoms with van der Waals surface area (Å²) in [7, 11) is 0. The number of nitrogens with zero attached hydrogens (tertiary/aromatic N) is 1. The molecule has 0 spiro atoms. The first-order chi connectivity index (χ1) is 13.1. The van der Waals surface area contributed by atoms with Gasteiger partial charge in [-0.05, 0) is 51.1 Å². The van der Waals surface area contributed by atoms with Gasteiger partial charge in [0.25, 0.3) is 5.91 Å². The third-order valence-corrected chi connectivity index (χ3v) is 4.37. The number of anilines is 2. The van der Waals surface area contributed by atoms with Gasteiger partial charge in [-0.2, -0.15) is 0 Å². The molecule has 28 heavy (non-hydrogen) atoms. The van der Waals surface area contributed by atoms with Crippen molar-refractivity contribution in [3.8, 4) is 0 Å². The number of halogens is 2. The molecule has 2 aromatic carbocycles. The van der Waals surface area contributed by atoms with E-state index in [2.05, 4.69) is 15.6 Å². The highest BCUT2D eigenvalue weighted by Crippen LogP contribution is 2.28. The van der Waals surface area contributed by atoms with Gasteiger partial charge in [0.1, 0.15) is 17.2 Å². The summed E-state index contributed by atoms with van der Waals surface area (Å²) >= 11 is 1.16. The van der Waals surface area contributed by atoms with Crippen LogP contribution in [0, 0.1) is 11.6 Å². The Morgan fingerprint density at radius 3 is 2.54 bits per heavy atom. The van der Waals surface area contributed by atoms with Crippen LogP contribution < -0.4 is 10.6 Å². The molecular weight excluding hydrogens is 388 g/mol. The second kappa shape index (κ2) is 7.51. The normalized spacial score (nSPS) is 11.3. The lowest BCUT2D eigenvalue weighted by molar-refractivity contribution is 0.0635. The summed E-state index contributed by atoms with van der Waals surface area (Å²) in [6.07, 6.45) is -0.633. The molecule has 0 saturated heterocycles. The summed E-state index contributed by atoms with van der Waals surface area (Å²) in [4.78, 5) is 28.5. The van der Waals surface area contributed by atoms with Crippen LogP contribution in [0.5, 0.6) is 0 Å². The number of ether oxygens (including phenoxy) is 1. The van der Waals surface area contributed by atoms with E-state index in [1.165, 1.54) is 6.07 Å². The summed E-state index contributed by atoms with van der Waals surface area (Å²) in [5.74, 6) is -1.99. The van der Waals surface area contributed by atoms with E-state index in [0.29, 0.717) is 15.3 Å². The Hall–Kier alpha value is -3.07. The van der Waals surface area contributed by atoms with Crippen LogP contribution >= 0.6 is 11.3 Å². The van der Waals surface area contributed by atoms with E-state index in [4.69, 9.17) is 4.74 Å². The van der Waals surface area contributed by atoms with Crippen LogP contribution in [0.1, 0.15) is 31.1 Å². The van der Waals surface area contributed by atoms with E-state index < -0.39 is 29.2 Å². The highest BCUT2D eigenvalue weighted by molar-refractivity contribution is 7.22. The third-order valence-electron chi connectivity index (χ3n) is 3.44. The summed E-state index contributed by atoms with van der Waals surface area (Å²) < 4.78 is 32.8. The fraction of sp³-hybridized carbons (Fsp3) is 0.211. The first-order valence-electron chi connectivity index (χ1n) is 8.28. The molecule has 0 saturated carbocycles. The van der Waals surface area contributed by atoms with Gasteiger partial charge in [0.2, 0.25) is 0 Å². The molecule has 0 aliphatic carbocycles. The average Bonchev–Trinajstić information content (AvgIpc) is 2.97. The lowest BCUT2D eigenvalue weighted by Gasteiger charge is -2.18. The largest absolute Gasteiger partial charge is 0.444 e. The lowest BCUT2D eigenvalue weighted by Crippen LogP contribution is -2.27. The van der Waals surface area contributed by atoms with Gasteiger partial charge in [0.05, 0.1) is 15.9 Å². The molecule has 1 heterocycles. The van der Waals surface area contributed by atoms with Gasteiger partial charge in [-0.3, -0.25) is 10.1 Å². The highest BCUT2D eigenvalue weighted by atomic mass is 32.1. The van der Waals surface area contributed by atoms with Gasteiger partial charge < -0.3 is 10.1 Å². The van der Waals surface area contributed by atoms with Crippen LogP contribution in [-0.4, -0.2) is 22.6 Å². The molecule has 146 valence electrons. The fourth-order valence-corrected chi connectivity index (χ4v) is 3.19. The fourth-order valence-electron chi connectivity index (χ4n) is 2.30. The smallest absolute Gasteiger partial charge is 0.413 e. The molecule has 2 N–H and O–H groups in total. The van der Waals surface area contributed by atoms with E-state index in [9.17, 15) is 18.4 Å². The summed E-state index contributed by atoms with van der Waals surface area (Å²) in [5.41, 5.74) is -0.0760. The van der Waals surface area contributed by atoms with Gasteiger partial charge in [-0.15, -0.1) is 0 Å². The maximum Gasteiger partial charge on any atom is 0.413 e. The lowest BCUT2D eigenvalue weighted by atomic mass is 10.2. The number of hydrogen-bond acceptors (Lipinski definition) is 5. The predicted octanol–water partition coefficient (Wildman–Crippen LogP) is 5.17. The van der Waals surface area contributed by atoms with Crippen LogP contribution in [0.2, 0.25) is 0 Å². The molecule has 0 atom stereocenters. The van der Waals surface area contributed by atoms with Crippen molar-refractivity contribution in [3.05, 3.63) is 53.6 Å².